The van der Waals surface area contributed by atoms with Gasteiger partial charge in [0.2, 0.25) is 0 Å². The normalized spacial score (nSPS) is 10.6. The molecule has 0 unspecified atom stereocenters. The van der Waals surface area contributed by atoms with Gasteiger partial charge in [-0.1, -0.05) is 12.1 Å². The highest BCUT2D eigenvalue weighted by Gasteiger charge is 2.17. The van der Waals surface area contributed by atoms with Crippen LogP contribution in [0.1, 0.15) is 10.4 Å². The number of aromatic nitrogens is 1. The molecule has 1 N–H and O–H groups in total. The van der Waals surface area contributed by atoms with Crippen molar-refractivity contribution in [2.75, 3.05) is 14.2 Å². The van der Waals surface area contributed by atoms with Gasteiger partial charge in [0.05, 0.1) is 31.0 Å². The molecular formula is C18H14FNO4. The molecule has 122 valence electrons. The second-order valence-electron chi connectivity index (χ2n) is 5.06. The fourth-order valence-corrected chi connectivity index (χ4v) is 2.54. The monoisotopic (exact) mass is 327 g/mol. The zero-order valence-corrected chi connectivity index (χ0v) is 13.0. The first kappa shape index (κ1) is 15.7. The molecule has 0 fully saturated rings. The van der Waals surface area contributed by atoms with Crippen LogP contribution in [0.5, 0.6) is 11.5 Å². The number of methoxy groups -OCH3 is 2. The van der Waals surface area contributed by atoms with Gasteiger partial charge < -0.3 is 14.6 Å². The summed E-state index contributed by atoms with van der Waals surface area (Å²) < 4.78 is 24.5. The van der Waals surface area contributed by atoms with E-state index in [0.717, 1.165) is 0 Å². The summed E-state index contributed by atoms with van der Waals surface area (Å²) in [6.07, 6.45) is 0. The number of hydrogen-bond donors (Lipinski definition) is 1. The molecule has 0 radical (unpaired) electrons. The third kappa shape index (κ3) is 2.62. The van der Waals surface area contributed by atoms with E-state index < -0.39 is 11.8 Å². The van der Waals surface area contributed by atoms with Crippen LogP contribution in [-0.2, 0) is 0 Å². The maximum atomic E-state index is 14.0. The topological polar surface area (TPSA) is 68.7 Å². The van der Waals surface area contributed by atoms with E-state index in [0.29, 0.717) is 22.4 Å². The van der Waals surface area contributed by atoms with Gasteiger partial charge in [0, 0.05) is 17.0 Å². The smallest absolute Gasteiger partial charge is 0.336 e. The highest BCUT2D eigenvalue weighted by atomic mass is 19.1. The quantitative estimate of drug-likeness (QED) is 0.790. The lowest BCUT2D eigenvalue weighted by Crippen LogP contribution is -2.02. The molecule has 0 spiro atoms. The molecule has 0 atom stereocenters. The Morgan fingerprint density at radius 1 is 1.08 bits per heavy atom. The number of carboxylic acid groups (broad SMARTS) is 1. The number of aromatic carboxylic acids is 1. The molecule has 0 aliphatic carbocycles. The Bertz CT molecular complexity index is 940. The summed E-state index contributed by atoms with van der Waals surface area (Å²) in [6.45, 7) is 0. The third-order valence-electron chi connectivity index (χ3n) is 3.69. The van der Waals surface area contributed by atoms with Crippen LogP contribution in [-0.4, -0.2) is 30.3 Å². The SMILES string of the molecule is COc1cc2nc(-c3ccccc3F)cc(C(=O)O)c2cc1OC. The van der Waals surface area contributed by atoms with Crippen LogP contribution < -0.4 is 9.47 Å². The fourth-order valence-electron chi connectivity index (χ4n) is 2.54. The first-order valence-electron chi connectivity index (χ1n) is 7.10. The van der Waals surface area contributed by atoms with Crippen molar-refractivity contribution in [3.05, 3.63) is 53.8 Å². The highest BCUT2D eigenvalue weighted by Crippen LogP contribution is 2.35. The second kappa shape index (κ2) is 6.16. The number of rotatable bonds is 4. The molecule has 1 aromatic heterocycles. The number of nitrogens with zero attached hydrogens (tertiary/aromatic N) is 1. The highest BCUT2D eigenvalue weighted by molar-refractivity contribution is 6.04. The number of carbonyl (C=O) groups is 1. The van der Waals surface area contributed by atoms with Gasteiger partial charge in [0.25, 0.3) is 0 Å². The molecule has 24 heavy (non-hydrogen) atoms. The minimum absolute atomic E-state index is 0.0132. The Balaban J connectivity index is 2.35. The largest absolute Gasteiger partial charge is 0.493 e. The zero-order valence-electron chi connectivity index (χ0n) is 13.0. The van der Waals surface area contributed by atoms with E-state index in [-0.39, 0.29) is 16.8 Å². The fraction of sp³-hybridized carbons (Fsp3) is 0.111. The minimum Gasteiger partial charge on any atom is -0.493 e. The van der Waals surface area contributed by atoms with Gasteiger partial charge in [0.15, 0.2) is 11.5 Å². The summed E-state index contributed by atoms with van der Waals surface area (Å²) in [5.41, 5.74) is 0.868. The van der Waals surface area contributed by atoms with E-state index in [1.165, 1.54) is 26.4 Å². The van der Waals surface area contributed by atoms with Crippen LogP contribution in [0, 0.1) is 5.82 Å². The van der Waals surface area contributed by atoms with Gasteiger partial charge in [-0.15, -0.1) is 0 Å². The van der Waals surface area contributed by atoms with Gasteiger partial charge in [-0.2, -0.15) is 0 Å². The van der Waals surface area contributed by atoms with Crippen molar-refractivity contribution in [1.29, 1.82) is 0 Å². The Labute approximate surface area is 137 Å². The maximum absolute atomic E-state index is 14.0. The summed E-state index contributed by atoms with van der Waals surface area (Å²) in [5, 5.41) is 9.91. The number of fused-ring (bicyclic) bond motifs is 1. The van der Waals surface area contributed by atoms with Gasteiger partial charge in [-0.05, 0) is 24.3 Å². The summed E-state index contributed by atoms with van der Waals surface area (Å²) in [6, 6.07) is 10.6. The molecule has 0 bridgehead atoms. The van der Waals surface area contributed by atoms with Gasteiger partial charge in [-0.3, -0.25) is 0 Å². The average molecular weight is 327 g/mol. The van der Waals surface area contributed by atoms with Gasteiger partial charge in [-0.25, -0.2) is 14.2 Å². The van der Waals surface area contributed by atoms with Gasteiger partial charge >= 0.3 is 5.97 Å². The van der Waals surface area contributed by atoms with E-state index >= 15 is 0 Å². The van der Waals surface area contributed by atoms with Crippen molar-refractivity contribution < 1.29 is 23.8 Å². The summed E-state index contributed by atoms with van der Waals surface area (Å²) >= 11 is 0. The Hall–Kier alpha value is -3.15. The average Bonchev–Trinajstić information content (AvgIpc) is 2.59. The van der Waals surface area contributed by atoms with Crippen molar-refractivity contribution in [2.45, 2.75) is 0 Å². The van der Waals surface area contributed by atoms with E-state index in [2.05, 4.69) is 4.98 Å². The Morgan fingerprint density at radius 2 is 1.75 bits per heavy atom. The number of benzene rings is 2. The van der Waals surface area contributed by atoms with Crippen LogP contribution in [0.15, 0.2) is 42.5 Å². The van der Waals surface area contributed by atoms with Crippen molar-refractivity contribution in [3.8, 4) is 22.8 Å². The molecule has 2 aromatic carbocycles. The first-order valence-corrected chi connectivity index (χ1v) is 7.10. The first-order chi connectivity index (χ1) is 11.5. The molecule has 0 aliphatic heterocycles. The number of halogens is 1. The molecule has 3 rings (SSSR count). The third-order valence-corrected chi connectivity index (χ3v) is 3.69. The molecule has 0 saturated carbocycles. The van der Waals surface area contributed by atoms with Crippen molar-refractivity contribution in [3.63, 3.8) is 0 Å². The molecular weight excluding hydrogens is 313 g/mol. The lowest BCUT2D eigenvalue weighted by molar-refractivity contribution is 0.0699. The molecule has 5 nitrogen and oxygen atoms in total. The van der Waals surface area contributed by atoms with Crippen LogP contribution >= 0.6 is 0 Å². The number of hydrogen-bond acceptors (Lipinski definition) is 4. The standard InChI is InChI=1S/C18H14FNO4/c1-23-16-8-11-12(18(21)22)7-14(10-5-3-4-6-13(10)19)20-15(11)9-17(16)24-2/h3-9H,1-2H3,(H,21,22). The van der Waals surface area contributed by atoms with E-state index in [9.17, 15) is 14.3 Å². The molecule has 0 aliphatic rings. The van der Waals surface area contributed by atoms with Gasteiger partial charge in [0.1, 0.15) is 5.82 Å². The second-order valence-corrected chi connectivity index (χ2v) is 5.06. The predicted octanol–water partition coefficient (Wildman–Crippen LogP) is 3.76. The lowest BCUT2D eigenvalue weighted by Gasteiger charge is -2.12. The van der Waals surface area contributed by atoms with Crippen LogP contribution in [0.2, 0.25) is 0 Å². The molecule has 1 heterocycles. The maximum Gasteiger partial charge on any atom is 0.336 e. The van der Waals surface area contributed by atoms with E-state index in [1.54, 1.807) is 30.3 Å². The number of ether oxygens (including phenoxy) is 2. The zero-order chi connectivity index (χ0) is 17.3. The molecule has 6 heteroatoms. The lowest BCUT2D eigenvalue weighted by atomic mass is 10.0. The van der Waals surface area contributed by atoms with Crippen LogP contribution in [0.25, 0.3) is 22.2 Å². The van der Waals surface area contributed by atoms with Crippen LogP contribution in [0.3, 0.4) is 0 Å². The predicted molar refractivity (Wildman–Crippen MR) is 87.2 cm³/mol. The van der Waals surface area contributed by atoms with Crippen LogP contribution in [0.4, 0.5) is 4.39 Å². The number of pyridine rings is 1. The van der Waals surface area contributed by atoms with Crippen molar-refractivity contribution in [2.24, 2.45) is 0 Å². The Kier molecular flexibility index (Phi) is 4.04. The van der Waals surface area contributed by atoms with Crippen molar-refractivity contribution in [1.82, 2.24) is 4.98 Å². The summed E-state index contributed by atoms with van der Waals surface area (Å²) in [7, 11) is 2.94. The molecule has 0 saturated heterocycles. The van der Waals surface area contributed by atoms with E-state index in [1.807, 2.05) is 0 Å². The van der Waals surface area contributed by atoms with E-state index in [4.69, 9.17) is 9.47 Å². The summed E-state index contributed by atoms with van der Waals surface area (Å²) in [4.78, 5) is 16.0. The Morgan fingerprint density at radius 3 is 2.38 bits per heavy atom. The molecule has 3 aromatic rings. The molecule has 0 amide bonds. The summed E-state index contributed by atoms with van der Waals surface area (Å²) in [5.74, 6) is -0.791. The van der Waals surface area contributed by atoms with Crippen molar-refractivity contribution >= 4 is 16.9 Å². The number of carboxylic acids is 1. The minimum atomic E-state index is -1.13.